The number of hydrogen-bond acceptors (Lipinski definition) is 4. The van der Waals surface area contributed by atoms with Crippen molar-refractivity contribution in [3.8, 4) is 6.07 Å². The molecule has 1 aromatic heterocycles. The Hall–Kier alpha value is -2.48. The van der Waals surface area contributed by atoms with Gasteiger partial charge in [-0.2, -0.15) is 5.26 Å². The zero-order valence-corrected chi connectivity index (χ0v) is 8.89. The average Bonchev–Trinajstić information content (AvgIpc) is 2.39. The molecule has 2 rings (SSSR count). The Balaban J connectivity index is 1.98. The number of hydrogen-bond donors (Lipinski definition) is 1. The first-order valence-electron chi connectivity index (χ1n) is 5.00. The van der Waals surface area contributed by atoms with Gasteiger partial charge in [-0.15, -0.1) is 10.2 Å². The third-order valence-electron chi connectivity index (χ3n) is 2.17. The molecule has 84 valence electrons. The number of nitrogens with one attached hydrogen (secondary N) is 1. The Labute approximate surface area is 97.7 Å². The predicted molar refractivity (Wildman–Crippen MR) is 60.5 cm³/mol. The molecule has 1 heterocycles. The fraction of sp³-hybridized carbons (Fsp3) is 0.0833. The molecule has 0 aliphatic rings. The molecule has 0 aliphatic carbocycles. The van der Waals surface area contributed by atoms with Crippen molar-refractivity contribution in [1.29, 1.82) is 5.26 Å². The van der Waals surface area contributed by atoms with Gasteiger partial charge in [0.05, 0.1) is 0 Å². The molecule has 17 heavy (non-hydrogen) atoms. The van der Waals surface area contributed by atoms with E-state index in [1.54, 1.807) is 24.3 Å². The zero-order valence-electron chi connectivity index (χ0n) is 8.89. The van der Waals surface area contributed by atoms with Crippen LogP contribution in [0.25, 0.3) is 0 Å². The molecule has 1 aromatic carbocycles. The highest BCUT2D eigenvalue weighted by Crippen LogP contribution is 2.06. The summed E-state index contributed by atoms with van der Waals surface area (Å²) in [5.41, 5.74) is 1.22. The van der Waals surface area contributed by atoms with Crippen LogP contribution in [0.4, 0.5) is 10.2 Å². The van der Waals surface area contributed by atoms with Crippen LogP contribution in [0.5, 0.6) is 0 Å². The molecule has 0 fully saturated rings. The first kappa shape index (κ1) is 11.0. The van der Waals surface area contributed by atoms with Crippen LogP contribution >= 0.6 is 0 Å². The lowest BCUT2D eigenvalue weighted by molar-refractivity contribution is 0.627. The minimum absolute atomic E-state index is 0.257. The van der Waals surface area contributed by atoms with Gasteiger partial charge in [0.2, 0.25) is 0 Å². The quantitative estimate of drug-likeness (QED) is 0.873. The maximum absolute atomic E-state index is 12.7. The Morgan fingerprint density at radius 2 is 1.88 bits per heavy atom. The number of halogens is 1. The molecule has 4 nitrogen and oxygen atoms in total. The second-order valence-electron chi connectivity index (χ2n) is 3.40. The molecule has 5 heteroatoms. The highest BCUT2D eigenvalue weighted by molar-refractivity contribution is 5.36. The van der Waals surface area contributed by atoms with E-state index < -0.39 is 0 Å². The van der Waals surface area contributed by atoms with Crippen molar-refractivity contribution in [2.45, 2.75) is 6.54 Å². The molecule has 0 atom stereocenters. The van der Waals surface area contributed by atoms with Gasteiger partial charge in [0.15, 0.2) is 5.69 Å². The van der Waals surface area contributed by atoms with Gasteiger partial charge >= 0.3 is 0 Å². The smallest absolute Gasteiger partial charge is 0.163 e. The molecule has 0 spiro atoms. The van der Waals surface area contributed by atoms with E-state index in [1.807, 2.05) is 6.07 Å². The summed E-state index contributed by atoms with van der Waals surface area (Å²) in [4.78, 5) is 0. The molecular formula is C12H9FN4. The number of aromatic nitrogens is 2. The van der Waals surface area contributed by atoms with Crippen molar-refractivity contribution in [3.05, 3.63) is 53.5 Å². The zero-order chi connectivity index (χ0) is 12.1. The van der Waals surface area contributed by atoms with Crippen molar-refractivity contribution >= 4 is 5.82 Å². The number of nitriles is 1. The van der Waals surface area contributed by atoms with Gasteiger partial charge in [-0.05, 0) is 29.8 Å². The summed E-state index contributed by atoms with van der Waals surface area (Å²) in [5, 5.41) is 19.1. The van der Waals surface area contributed by atoms with Crippen LogP contribution in [0.3, 0.4) is 0 Å². The monoisotopic (exact) mass is 228 g/mol. The number of nitrogens with zero attached hydrogens (tertiary/aromatic N) is 3. The highest BCUT2D eigenvalue weighted by Gasteiger charge is 1.97. The van der Waals surface area contributed by atoms with Gasteiger partial charge in [-0.25, -0.2) is 4.39 Å². The third kappa shape index (κ3) is 2.98. The van der Waals surface area contributed by atoms with Crippen LogP contribution in [-0.2, 0) is 6.54 Å². The third-order valence-corrected chi connectivity index (χ3v) is 2.17. The molecule has 2 aromatic rings. The normalized spacial score (nSPS) is 9.65. The Kier molecular flexibility index (Phi) is 3.26. The van der Waals surface area contributed by atoms with Crippen LogP contribution in [0.1, 0.15) is 11.3 Å². The standard InChI is InChI=1S/C12H9FN4/c13-10-3-1-9(2-4-10)8-15-12-6-5-11(7-14)16-17-12/h1-6H,8H2,(H,15,17). The summed E-state index contributed by atoms with van der Waals surface area (Å²) in [7, 11) is 0. The first-order valence-corrected chi connectivity index (χ1v) is 5.00. The lowest BCUT2D eigenvalue weighted by atomic mass is 10.2. The molecule has 0 bridgehead atoms. The van der Waals surface area contributed by atoms with E-state index in [1.165, 1.54) is 12.1 Å². The van der Waals surface area contributed by atoms with Gasteiger partial charge in [0.25, 0.3) is 0 Å². The van der Waals surface area contributed by atoms with Crippen molar-refractivity contribution in [3.63, 3.8) is 0 Å². The summed E-state index contributed by atoms with van der Waals surface area (Å²) in [6.45, 7) is 0.529. The van der Waals surface area contributed by atoms with Crippen molar-refractivity contribution in [2.75, 3.05) is 5.32 Å². The van der Waals surface area contributed by atoms with Crippen LogP contribution in [0.15, 0.2) is 36.4 Å². The van der Waals surface area contributed by atoms with Crippen LogP contribution in [-0.4, -0.2) is 10.2 Å². The topological polar surface area (TPSA) is 61.6 Å². The summed E-state index contributed by atoms with van der Waals surface area (Å²) in [6, 6.07) is 11.3. The minimum Gasteiger partial charge on any atom is -0.365 e. The fourth-order valence-electron chi connectivity index (χ4n) is 1.28. The molecule has 0 saturated carbocycles. The summed E-state index contributed by atoms with van der Waals surface area (Å²) >= 11 is 0. The molecule has 0 radical (unpaired) electrons. The van der Waals surface area contributed by atoms with E-state index in [0.717, 1.165) is 5.56 Å². The summed E-state index contributed by atoms with van der Waals surface area (Å²) in [5.74, 6) is 0.320. The SMILES string of the molecule is N#Cc1ccc(NCc2ccc(F)cc2)nn1. The maximum atomic E-state index is 12.7. The molecule has 0 aliphatic heterocycles. The van der Waals surface area contributed by atoms with Crippen LogP contribution in [0.2, 0.25) is 0 Å². The van der Waals surface area contributed by atoms with Gasteiger partial charge in [-0.1, -0.05) is 12.1 Å². The lowest BCUT2D eigenvalue weighted by Crippen LogP contribution is -2.02. The number of rotatable bonds is 3. The number of anilines is 1. The van der Waals surface area contributed by atoms with Crippen LogP contribution < -0.4 is 5.32 Å². The minimum atomic E-state index is -0.257. The maximum Gasteiger partial charge on any atom is 0.163 e. The molecule has 0 unspecified atom stereocenters. The van der Waals surface area contributed by atoms with E-state index >= 15 is 0 Å². The number of benzene rings is 1. The molecule has 0 amide bonds. The predicted octanol–water partition coefficient (Wildman–Crippen LogP) is 2.10. The van der Waals surface area contributed by atoms with Gasteiger partial charge < -0.3 is 5.32 Å². The second-order valence-corrected chi connectivity index (χ2v) is 3.40. The van der Waals surface area contributed by atoms with Crippen molar-refractivity contribution < 1.29 is 4.39 Å². The Morgan fingerprint density at radius 1 is 1.12 bits per heavy atom. The molecule has 0 saturated heterocycles. The van der Waals surface area contributed by atoms with Gasteiger partial charge in [0, 0.05) is 6.54 Å². The van der Waals surface area contributed by atoms with Crippen molar-refractivity contribution in [2.24, 2.45) is 0 Å². The second kappa shape index (κ2) is 5.03. The van der Waals surface area contributed by atoms with E-state index in [2.05, 4.69) is 15.5 Å². The lowest BCUT2D eigenvalue weighted by Gasteiger charge is -2.04. The average molecular weight is 228 g/mol. The summed E-state index contributed by atoms with van der Waals surface area (Å²) in [6.07, 6.45) is 0. The first-order chi connectivity index (χ1) is 8.28. The van der Waals surface area contributed by atoms with Gasteiger partial charge in [-0.3, -0.25) is 0 Å². The molecular weight excluding hydrogens is 219 g/mol. The van der Waals surface area contributed by atoms with E-state index in [-0.39, 0.29) is 11.5 Å². The summed E-state index contributed by atoms with van der Waals surface area (Å²) < 4.78 is 12.7. The van der Waals surface area contributed by atoms with E-state index in [0.29, 0.717) is 12.4 Å². The largest absolute Gasteiger partial charge is 0.365 e. The van der Waals surface area contributed by atoms with E-state index in [9.17, 15) is 4.39 Å². The highest BCUT2D eigenvalue weighted by atomic mass is 19.1. The van der Waals surface area contributed by atoms with Gasteiger partial charge in [0.1, 0.15) is 17.7 Å². The Morgan fingerprint density at radius 3 is 2.47 bits per heavy atom. The van der Waals surface area contributed by atoms with E-state index in [4.69, 9.17) is 5.26 Å². The Bertz CT molecular complexity index is 528. The van der Waals surface area contributed by atoms with Crippen LogP contribution in [0, 0.1) is 17.1 Å². The van der Waals surface area contributed by atoms with Crippen molar-refractivity contribution in [1.82, 2.24) is 10.2 Å². The molecule has 1 N–H and O–H groups in total. The fourth-order valence-corrected chi connectivity index (χ4v) is 1.28.